The van der Waals surface area contributed by atoms with Crippen molar-refractivity contribution in [2.75, 3.05) is 13.7 Å². The van der Waals surface area contributed by atoms with Crippen molar-refractivity contribution >= 4 is 5.91 Å². The highest BCUT2D eigenvalue weighted by Gasteiger charge is 2.37. The van der Waals surface area contributed by atoms with E-state index in [1.54, 1.807) is 31.6 Å². The Labute approximate surface area is 193 Å². The van der Waals surface area contributed by atoms with Crippen LogP contribution in [-0.4, -0.2) is 39.1 Å². The van der Waals surface area contributed by atoms with Crippen LogP contribution < -0.4 is 4.74 Å². The van der Waals surface area contributed by atoms with Crippen LogP contribution in [0.3, 0.4) is 0 Å². The lowest BCUT2D eigenvalue weighted by Crippen LogP contribution is -2.45. The Morgan fingerprint density at radius 3 is 2.58 bits per heavy atom. The lowest BCUT2D eigenvalue weighted by Gasteiger charge is -2.39. The van der Waals surface area contributed by atoms with Crippen LogP contribution in [0, 0.1) is 18.7 Å². The van der Waals surface area contributed by atoms with E-state index in [4.69, 9.17) is 4.74 Å². The minimum absolute atomic E-state index is 0.0711. The molecule has 2 aromatic carbocycles. The minimum atomic E-state index is -0.946. The normalized spacial score (nSPS) is 18.3. The van der Waals surface area contributed by atoms with E-state index in [1.807, 2.05) is 41.6 Å². The fourth-order valence-electron chi connectivity index (χ4n) is 4.73. The predicted octanol–water partition coefficient (Wildman–Crippen LogP) is 4.75. The molecule has 2 heterocycles. The Balaban J connectivity index is 1.58. The summed E-state index contributed by atoms with van der Waals surface area (Å²) in [6.07, 6.45) is 4.80. The van der Waals surface area contributed by atoms with Crippen molar-refractivity contribution in [1.29, 1.82) is 0 Å². The third-order valence-corrected chi connectivity index (χ3v) is 6.45. The molecular weight excluding hydrogens is 421 g/mol. The second-order valence-corrected chi connectivity index (χ2v) is 8.55. The smallest absolute Gasteiger partial charge is 0.229 e. The summed E-state index contributed by atoms with van der Waals surface area (Å²) in [7, 11) is 1.58. The minimum Gasteiger partial charge on any atom is -0.495 e. The van der Waals surface area contributed by atoms with Gasteiger partial charge in [0.05, 0.1) is 42.9 Å². The fourth-order valence-corrected chi connectivity index (χ4v) is 4.73. The van der Waals surface area contributed by atoms with Gasteiger partial charge in [-0.1, -0.05) is 25.1 Å². The van der Waals surface area contributed by atoms with Gasteiger partial charge in [0.1, 0.15) is 11.6 Å². The Morgan fingerprint density at radius 2 is 1.94 bits per heavy atom. The van der Waals surface area contributed by atoms with Crippen molar-refractivity contribution < 1.29 is 19.0 Å². The lowest BCUT2D eigenvalue weighted by atomic mass is 9.86. The van der Waals surface area contributed by atoms with Gasteiger partial charge in [-0.3, -0.25) is 4.79 Å². The Morgan fingerprint density at radius 1 is 1.21 bits per heavy atom. The molecule has 1 N–H and O–H groups in total. The van der Waals surface area contributed by atoms with Crippen LogP contribution in [0.25, 0.3) is 5.69 Å². The Hall–Kier alpha value is -3.19. The molecule has 1 saturated heterocycles. The van der Waals surface area contributed by atoms with Crippen molar-refractivity contribution in [1.82, 2.24) is 14.5 Å². The number of imidazole rings is 1. The molecule has 0 aliphatic carbocycles. The van der Waals surface area contributed by atoms with Crippen molar-refractivity contribution in [3.05, 3.63) is 77.6 Å². The summed E-state index contributed by atoms with van der Waals surface area (Å²) in [6, 6.07) is 11.7. The van der Waals surface area contributed by atoms with E-state index in [1.165, 1.54) is 12.1 Å². The number of aliphatic hydroxyl groups excluding tert-OH is 1. The number of piperidine rings is 1. The number of halogens is 1. The number of aryl methyl sites for hydroxylation is 1. The molecule has 1 amide bonds. The standard InChI is InChI=1S/C26H30FN3O3/c1-4-22(18-7-10-20(27)11-8-18)30-13-5-6-21(26(30)32)25(31)19-9-12-23(24(14-19)33-3)29-15-17(2)28-16-29/h7-12,14-16,21-22,25,31H,4-6,13H2,1-3H3. The summed E-state index contributed by atoms with van der Waals surface area (Å²) in [6.45, 7) is 4.56. The highest BCUT2D eigenvalue weighted by atomic mass is 19.1. The maximum atomic E-state index is 13.5. The van der Waals surface area contributed by atoms with E-state index >= 15 is 0 Å². The van der Waals surface area contributed by atoms with Crippen molar-refractivity contribution in [3.8, 4) is 11.4 Å². The van der Waals surface area contributed by atoms with E-state index < -0.39 is 12.0 Å². The number of amides is 1. The van der Waals surface area contributed by atoms with Gasteiger partial charge in [0.15, 0.2) is 0 Å². The third-order valence-electron chi connectivity index (χ3n) is 6.45. The molecule has 33 heavy (non-hydrogen) atoms. The van der Waals surface area contributed by atoms with Gasteiger partial charge in [-0.25, -0.2) is 9.37 Å². The summed E-state index contributed by atoms with van der Waals surface area (Å²) in [5.41, 5.74) is 3.25. The average Bonchev–Trinajstić information content (AvgIpc) is 3.27. The number of benzene rings is 2. The first kappa shape index (κ1) is 23.0. The van der Waals surface area contributed by atoms with Crippen LogP contribution in [0.1, 0.15) is 55.2 Å². The highest BCUT2D eigenvalue weighted by Crippen LogP contribution is 2.37. The molecule has 7 heteroatoms. The topological polar surface area (TPSA) is 67.6 Å². The molecule has 0 bridgehead atoms. The van der Waals surface area contributed by atoms with Gasteiger partial charge in [-0.15, -0.1) is 0 Å². The summed E-state index contributed by atoms with van der Waals surface area (Å²) in [5.74, 6) is -0.311. The van der Waals surface area contributed by atoms with Crippen LogP contribution in [0.2, 0.25) is 0 Å². The van der Waals surface area contributed by atoms with Gasteiger partial charge >= 0.3 is 0 Å². The lowest BCUT2D eigenvalue weighted by molar-refractivity contribution is -0.146. The fraction of sp³-hybridized carbons (Fsp3) is 0.385. The summed E-state index contributed by atoms with van der Waals surface area (Å²) in [4.78, 5) is 19.6. The Kier molecular flexibility index (Phi) is 6.79. The molecular formula is C26H30FN3O3. The molecule has 6 nitrogen and oxygen atoms in total. The first-order valence-electron chi connectivity index (χ1n) is 11.4. The van der Waals surface area contributed by atoms with Gasteiger partial charge in [-0.05, 0) is 61.6 Å². The summed E-state index contributed by atoms with van der Waals surface area (Å²) >= 11 is 0. The zero-order valence-electron chi connectivity index (χ0n) is 19.2. The molecule has 1 aromatic heterocycles. The number of carbonyl (C=O) groups excluding carboxylic acids is 1. The maximum Gasteiger partial charge on any atom is 0.229 e. The van der Waals surface area contributed by atoms with Gasteiger partial charge in [0.25, 0.3) is 0 Å². The zero-order valence-corrected chi connectivity index (χ0v) is 19.2. The molecule has 3 aromatic rings. The Bertz CT molecular complexity index is 1110. The molecule has 1 aliphatic rings. The quantitative estimate of drug-likeness (QED) is 0.563. The van der Waals surface area contributed by atoms with Gasteiger partial charge < -0.3 is 19.3 Å². The number of hydrogen-bond donors (Lipinski definition) is 1. The van der Waals surface area contributed by atoms with Crippen molar-refractivity contribution in [2.45, 2.75) is 45.3 Å². The molecule has 3 atom stereocenters. The number of nitrogens with zero attached hydrogens (tertiary/aromatic N) is 3. The number of hydrogen-bond acceptors (Lipinski definition) is 4. The number of likely N-dealkylation sites (tertiary alicyclic amines) is 1. The zero-order chi connectivity index (χ0) is 23.5. The second kappa shape index (κ2) is 9.75. The van der Waals surface area contributed by atoms with E-state index in [0.717, 1.165) is 23.4 Å². The van der Waals surface area contributed by atoms with Gasteiger partial charge in [0, 0.05) is 12.7 Å². The number of aromatic nitrogens is 2. The SMILES string of the molecule is CCC(c1ccc(F)cc1)N1CCCC(C(O)c2ccc(-n3cnc(C)c3)c(OC)c2)C1=O. The average molecular weight is 452 g/mol. The van der Waals surface area contributed by atoms with Crippen LogP contribution >= 0.6 is 0 Å². The van der Waals surface area contributed by atoms with Crippen molar-refractivity contribution in [2.24, 2.45) is 5.92 Å². The van der Waals surface area contributed by atoms with Crippen LogP contribution in [0.15, 0.2) is 55.0 Å². The van der Waals surface area contributed by atoms with E-state index in [9.17, 15) is 14.3 Å². The largest absolute Gasteiger partial charge is 0.495 e. The number of aliphatic hydroxyl groups is 1. The van der Waals surface area contributed by atoms with Crippen LogP contribution in [-0.2, 0) is 4.79 Å². The monoisotopic (exact) mass is 451 g/mol. The molecule has 4 rings (SSSR count). The predicted molar refractivity (Wildman–Crippen MR) is 124 cm³/mol. The molecule has 3 unspecified atom stereocenters. The van der Waals surface area contributed by atoms with Gasteiger partial charge in [-0.2, -0.15) is 0 Å². The van der Waals surface area contributed by atoms with E-state index in [2.05, 4.69) is 4.98 Å². The summed E-state index contributed by atoms with van der Waals surface area (Å²) in [5, 5.41) is 11.2. The number of ether oxygens (including phenoxy) is 1. The van der Waals surface area contributed by atoms with Gasteiger partial charge in [0.2, 0.25) is 5.91 Å². The molecule has 1 aliphatic heterocycles. The molecule has 0 radical (unpaired) electrons. The maximum absolute atomic E-state index is 13.5. The number of carbonyl (C=O) groups is 1. The molecule has 174 valence electrons. The van der Waals surface area contributed by atoms with E-state index in [-0.39, 0.29) is 17.8 Å². The molecule has 1 fully saturated rings. The molecule has 0 saturated carbocycles. The molecule has 0 spiro atoms. The van der Waals surface area contributed by atoms with Crippen LogP contribution in [0.4, 0.5) is 4.39 Å². The van der Waals surface area contributed by atoms with Crippen molar-refractivity contribution in [3.63, 3.8) is 0 Å². The number of methoxy groups -OCH3 is 1. The second-order valence-electron chi connectivity index (χ2n) is 8.55. The number of rotatable bonds is 7. The van der Waals surface area contributed by atoms with Crippen LogP contribution in [0.5, 0.6) is 5.75 Å². The first-order chi connectivity index (χ1) is 15.9. The van der Waals surface area contributed by atoms with E-state index in [0.29, 0.717) is 30.7 Å². The highest BCUT2D eigenvalue weighted by molar-refractivity contribution is 5.81. The third kappa shape index (κ3) is 4.64. The first-order valence-corrected chi connectivity index (χ1v) is 11.4. The summed E-state index contributed by atoms with van der Waals surface area (Å²) < 4.78 is 20.8.